The van der Waals surface area contributed by atoms with Gasteiger partial charge in [-0.15, -0.1) is 0 Å². The Morgan fingerprint density at radius 3 is 2.64 bits per heavy atom. The van der Waals surface area contributed by atoms with Crippen LogP contribution in [0.3, 0.4) is 0 Å². The fourth-order valence-corrected chi connectivity index (χ4v) is 4.31. The van der Waals surface area contributed by atoms with Gasteiger partial charge in [0.1, 0.15) is 11.8 Å². The van der Waals surface area contributed by atoms with Crippen molar-refractivity contribution in [2.75, 3.05) is 5.32 Å². The molecule has 2 N–H and O–H groups in total. The quantitative estimate of drug-likeness (QED) is 0.812. The SMILES string of the molecule is N#Cc1ccc(OC2CCC3(CC2)C(=O)Nc2ccc(C(=O)O)cc23)cc1Cl. The standard InChI is InChI=1S/C21H17ClN2O4/c22-17-10-15(3-1-13(17)11-23)28-14-5-7-21(8-6-14)16-9-12(19(25)26)2-4-18(16)24-20(21)27/h1-4,9-10,14H,5-8H2,(H,24,27)(H,25,26). The molecule has 0 radical (unpaired) electrons. The highest BCUT2D eigenvalue weighted by atomic mass is 35.5. The van der Waals surface area contributed by atoms with Gasteiger partial charge < -0.3 is 15.2 Å². The molecule has 0 atom stereocenters. The Morgan fingerprint density at radius 1 is 1.25 bits per heavy atom. The number of hydrogen-bond donors (Lipinski definition) is 2. The molecule has 7 heteroatoms. The summed E-state index contributed by atoms with van der Waals surface area (Å²) >= 11 is 6.06. The summed E-state index contributed by atoms with van der Waals surface area (Å²) in [5, 5.41) is 21.5. The Morgan fingerprint density at radius 2 is 2.00 bits per heavy atom. The first-order chi connectivity index (χ1) is 13.4. The number of hydrogen-bond acceptors (Lipinski definition) is 4. The number of aromatic carboxylic acids is 1. The van der Waals surface area contributed by atoms with E-state index in [1.54, 1.807) is 30.3 Å². The summed E-state index contributed by atoms with van der Waals surface area (Å²) in [7, 11) is 0. The largest absolute Gasteiger partial charge is 0.490 e. The smallest absolute Gasteiger partial charge is 0.335 e. The summed E-state index contributed by atoms with van der Waals surface area (Å²) in [5.41, 5.74) is 1.32. The van der Waals surface area contributed by atoms with Crippen molar-refractivity contribution in [3.8, 4) is 11.8 Å². The summed E-state index contributed by atoms with van der Waals surface area (Å²) in [5.74, 6) is -0.494. The molecule has 1 fully saturated rings. The van der Waals surface area contributed by atoms with E-state index in [9.17, 15) is 14.7 Å². The number of nitriles is 1. The molecule has 1 spiro atoms. The molecule has 2 aromatic carbocycles. The Hall–Kier alpha value is -3.04. The first-order valence-corrected chi connectivity index (χ1v) is 9.36. The van der Waals surface area contributed by atoms with Crippen molar-refractivity contribution >= 4 is 29.2 Å². The number of carbonyl (C=O) groups is 2. The van der Waals surface area contributed by atoms with Crippen molar-refractivity contribution in [2.45, 2.75) is 37.2 Å². The molecular weight excluding hydrogens is 380 g/mol. The number of fused-ring (bicyclic) bond motifs is 2. The van der Waals surface area contributed by atoms with E-state index in [1.807, 2.05) is 6.07 Å². The minimum atomic E-state index is -1.01. The van der Waals surface area contributed by atoms with Crippen LogP contribution >= 0.6 is 11.6 Å². The first-order valence-electron chi connectivity index (χ1n) is 8.98. The van der Waals surface area contributed by atoms with E-state index in [0.717, 1.165) is 5.56 Å². The lowest BCUT2D eigenvalue weighted by Crippen LogP contribution is -2.41. The number of rotatable bonds is 3. The van der Waals surface area contributed by atoms with Crippen LogP contribution in [0.4, 0.5) is 5.69 Å². The summed E-state index contributed by atoms with van der Waals surface area (Å²) in [6.45, 7) is 0. The summed E-state index contributed by atoms with van der Waals surface area (Å²) in [4.78, 5) is 24.0. The minimum Gasteiger partial charge on any atom is -0.490 e. The number of ether oxygens (including phenoxy) is 1. The number of carbonyl (C=O) groups excluding carboxylic acids is 1. The molecule has 1 heterocycles. The second-order valence-corrected chi connectivity index (χ2v) is 7.58. The summed E-state index contributed by atoms with van der Waals surface area (Å²) in [6, 6.07) is 11.7. The highest BCUT2D eigenvalue weighted by Gasteiger charge is 2.49. The van der Waals surface area contributed by atoms with Crippen molar-refractivity contribution in [1.29, 1.82) is 5.26 Å². The third kappa shape index (κ3) is 2.98. The van der Waals surface area contributed by atoms with Crippen molar-refractivity contribution in [2.24, 2.45) is 0 Å². The number of nitrogens with zero attached hydrogens (tertiary/aromatic N) is 1. The van der Waals surface area contributed by atoms with Crippen LogP contribution in [0.15, 0.2) is 36.4 Å². The molecule has 0 unspecified atom stereocenters. The van der Waals surface area contributed by atoms with Crippen LogP contribution in [0.1, 0.15) is 47.2 Å². The maximum atomic E-state index is 12.7. The lowest BCUT2D eigenvalue weighted by atomic mass is 9.69. The van der Waals surface area contributed by atoms with Gasteiger partial charge in [0.2, 0.25) is 5.91 Å². The van der Waals surface area contributed by atoms with Crippen LogP contribution in [0.5, 0.6) is 5.75 Å². The van der Waals surface area contributed by atoms with Gasteiger partial charge in [0.15, 0.2) is 0 Å². The van der Waals surface area contributed by atoms with Gasteiger partial charge >= 0.3 is 5.97 Å². The molecule has 0 aromatic heterocycles. The highest BCUT2D eigenvalue weighted by molar-refractivity contribution is 6.31. The van der Waals surface area contributed by atoms with E-state index < -0.39 is 11.4 Å². The molecule has 0 bridgehead atoms. The van der Waals surface area contributed by atoms with Gasteiger partial charge in [-0.25, -0.2) is 4.79 Å². The van der Waals surface area contributed by atoms with Gasteiger partial charge in [0.05, 0.1) is 27.7 Å². The predicted molar refractivity (Wildman–Crippen MR) is 103 cm³/mol. The lowest BCUT2D eigenvalue weighted by Gasteiger charge is -2.35. The van der Waals surface area contributed by atoms with Crippen LogP contribution in [0.2, 0.25) is 5.02 Å². The number of nitrogens with one attached hydrogen (secondary N) is 1. The van der Waals surface area contributed by atoms with Gasteiger partial charge in [0.25, 0.3) is 0 Å². The number of amides is 1. The van der Waals surface area contributed by atoms with Gasteiger partial charge in [-0.05, 0) is 61.6 Å². The number of carboxylic acid groups (broad SMARTS) is 1. The van der Waals surface area contributed by atoms with Gasteiger partial charge in [-0.2, -0.15) is 5.26 Å². The van der Waals surface area contributed by atoms with Crippen LogP contribution in [0, 0.1) is 11.3 Å². The minimum absolute atomic E-state index is 0.0749. The maximum Gasteiger partial charge on any atom is 0.335 e. The molecule has 1 saturated carbocycles. The lowest BCUT2D eigenvalue weighted by molar-refractivity contribution is -0.122. The molecule has 2 aromatic rings. The average Bonchev–Trinajstić information content (AvgIpc) is 2.95. The highest BCUT2D eigenvalue weighted by Crippen LogP contribution is 2.48. The predicted octanol–water partition coefficient (Wildman–Crippen LogP) is 4.12. The Labute approximate surface area is 166 Å². The van der Waals surface area contributed by atoms with Crippen molar-refractivity contribution in [3.63, 3.8) is 0 Å². The molecule has 28 heavy (non-hydrogen) atoms. The van der Waals surface area contributed by atoms with Crippen LogP contribution in [-0.2, 0) is 10.2 Å². The van der Waals surface area contributed by atoms with Crippen molar-refractivity contribution in [1.82, 2.24) is 0 Å². The van der Waals surface area contributed by atoms with E-state index in [0.29, 0.717) is 47.7 Å². The first kappa shape index (κ1) is 18.3. The van der Waals surface area contributed by atoms with Crippen molar-refractivity contribution in [3.05, 3.63) is 58.1 Å². The van der Waals surface area contributed by atoms with E-state index in [1.165, 1.54) is 6.07 Å². The number of anilines is 1. The number of halogens is 1. The van der Waals surface area contributed by atoms with Gasteiger partial charge in [-0.3, -0.25) is 4.79 Å². The van der Waals surface area contributed by atoms with Crippen LogP contribution in [0.25, 0.3) is 0 Å². The Kier molecular flexibility index (Phi) is 4.48. The summed E-state index contributed by atoms with van der Waals surface area (Å²) in [6.07, 6.45) is 2.38. The van der Waals surface area contributed by atoms with E-state index in [-0.39, 0.29) is 17.6 Å². The summed E-state index contributed by atoms with van der Waals surface area (Å²) < 4.78 is 6.00. The van der Waals surface area contributed by atoms with Gasteiger partial charge in [0, 0.05) is 11.8 Å². The zero-order valence-corrected chi connectivity index (χ0v) is 15.6. The molecule has 1 amide bonds. The number of benzene rings is 2. The second kappa shape index (κ2) is 6.84. The van der Waals surface area contributed by atoms with Crippen molar-refractivity contribution < 1.29 is 19.4 Å². The Bertz CT molecular complexity index is 1020. The molecule has 1 aliphatic carbocycles. The molecule has 142 valence electrons. The average molecular weight is 397 g/mol. The monoisotopic (exact) mass is 396 g/mol. The van der Waals surface area contributed by atoms with Crippen LogP contribution in [-0.4, -0.2) is 23.1 Å². The maximum absolute atomic E-state index is 12.7. The fraction of sp³-hybridized carbons (Fsp3) is 0.286. The molecule has 1 aliphatic heterocycles. The zero-order valence-electron chi connectivity index (χ0n) is 14.9. The fourth-order valence-electron chi connectivity index (χ4n) is 4.10. The zero-order chi connectivity index (χ0) is 19.9. The second-order valence-electron chi connectivity index (χ2n) is 7.17. The van der Waals surface area contributed by atoms with E-state index in [4.69, 9.17) is 21.6 Å². The van der Waals surface area contributed by atoms with Crippen LogP contribution < -0.4 is 10.1 Å². The third-order valence-electron chi connectivity index (χ3n) is 5.61. The topological polar surface area (TPSA) is 99.4 Å². The molecule has 0 saturated heterocycles. The Balaban J connectivity index is 1.52. The van der Waals surface area contributed by atoms with Gasteiger partial charge in [-0.1, -0.05) is 11.6 Å². The number of carboxylic acids is 1. The molecule has 2 aliphatic rings. The van der Waals surface area contributed by atoms with E-state index in [2.05, 4.69) is 5.32 Å². The molecular formula is C21H17ClN2O4. The molecule has 4 rings (SSSR count). The molecule has 6 nitrogen and oxygen atoms in total. The van der Waals surface area contributed by atoms with E-state index >= 15 is 0 Å². The third-order valence-corrected chi connectivity index (χ3v) is 5.93. The normalized spacial score (nSPS) is 23.0.